The summed E-state index contributed by atoms with van der Waals surface area (Å²) in [7, 11) is 0. The number of amides is 1. The van der Waals surface area contributed by atoms with Crippen LogP contribution in [-0.2, 0) is 4.79 Å². The van der Waals surface area contributed by atoms with Crippen molar-refractivity contribution < 1.29 is 9.90 Å². The van der Waals surface area contributed by atoms with Crippen LogP contribution in [-0.4, -0.2) is 26.5 Å². The molecular formula is C19H23N3O3S. The number of nitrogens with zero attached hydrogens (tertiary/aromatic N) is 1. The zero-order valence-electron chi connectivity index (χ0n) is 14.5. The lowest BCUT2D eigenvalue weighted by atomic mass is 10.1. The van der Waals surface area contributed by atoms with E-state index in [0.29, 0.717) is 17.1 Å². The van der Waals surface area contributed by atoms with E-state index in [0.717, 1.165) is 31.2 Å². The minimum atomic E-state index is -0.236. The molecule has 1 aromatic carbocycles. The van der Waals surface area contributed by atoms with Crippen LogP contribution in [0.25, 0.3) is 0 Å². The first-order chi connectivity index (χ1) is 12.6. The molecule has 1 saturated carbocycles. The van der Waals surface area contributed by atoms with E-state index in [1.807, 2.05) is 16.8 Å². The van der Waals surface area contributed by atoms with Gasteiger partial charge >= 0.3 is 0 Å². The number of carbonyl (C=O) groups excluding carboxylic acids is 1. The number of fused-ring (bicyclic) bond motifs is 1. The first-order valence-electron chi connectivity index (χ1n) is 9.18. The third-order valence-electron chi connectivity index (χ3n) is 5.25. The van der Waals surface area contributed by atoms with E-state index in [9.17, 15) is 14.7 Å². The number of benzene rings is 1. The van der Waals surface area contributed by atoms with Crippen LogP contribution in [0.15, 0.2) is 29.1 Å². The summed E-state index contributed by atoms with van der Waals surface area (Å²) in [6.07, 6.45) is 6.77. The van der Waals surface area contributed by atoms with E-state index in [1.165, 1.54) is 24.6 Å². The lowest BCUT2D eigenvalue weighted by Crippen LogP contribution is -2.19. The number of aromatic nitrogens is 2. The third kappa shape index (κ3) is 3.28. The molecule has 1 amide bonds. The highest BCUT2D eigenvalue weighted by atomic mass is 32.2. The van der Waals surface area contributed by atoms with Gasteiger partial charge in [0.05, 0.1) is 22.6 Å². The number of thioether (sulfide) groups is 1. The Morgan fingerprint density at radius 1 is 1.04 bits per heavy atom. The minimum absolute atomic E-state index is 0.0844. The van der Waals surface area contributed by atoms with E-state index in [1.54, 1.807) is 12.1 Å². The normalized spacial score (nSPS) is 21.5. The lowest BCUT2D eigenvalue weighted by molar-refractivity contribution is -0.113. The van der Waals surface area contributed by atoms with E-state index >= 15 is 0 Å². The maximum absolute atomic E-state index is 12.8. The van der Waals surface area contributed by atoms with Crippen molar-refractivity contribution in [3.05, 3.63) is 45.7 Å². The fraction of sp³-hybridized carbons (Fsp3) is 0.474. The van der Waals surface area contributed by atoms with Gasteiger partial charge in [0.15, 0.2) is 0 Å². The SMILES string of the molecule is O=C1CS[C@H](c2ccc(O)cc2)c2c(n(C3CCCCCC3)[nH]c2=O)N1. The van der Waals surface area contributed by atoms with Crippen molar-refractivity contribution in [2.75, 3.05) is 11.1 Å². The number of rotatable bonds is 2. The second-order valence-electron chi connectivity index (χ2n) is 7.05. The first-order valence-corrected chi connectivity index (χ1v) is 10.2. The zero-order valence-corrected chi connectivity index (χ0v) is 15.3. The Morgan fingerprint density at radius 3 is 2.42 bits per heavy atom. The number of phenolic OH excluding ortho intramolecular Hbond substituents is 1. The van der Waals surface area contributed by atoms with Crippen molar-refractivity contribution in [1.82, 2.24) is 9.78 Å². The molecule has 2 heterocycles. The average molecular weight is 373 g/mol. The number of aromatic hydroxyl groups is 1. The van der Waals surface area contributed by atoms with Crippen LogP contribution in [0, 0.1) is 0 Å². The Kier molecular flexibility index (Phi) is 4.80. The summed E-state index contributed by atoms with van der Waals surface area (Å²) in [4.78, 5) is 25.1. The number of aromatic amines is 1. The standard InChI is InChI=1S/C19H23N3O3S/c23-14-9-7-12(8-10-14)17-16-18(20-15(24)11-26-17)22(21-19(16)25)13-5-3-1-2-4-6-13/h7-10,13,17,23H,1-6,11H2,(H,20,24)(H,21,25)/t17-/m1/s1. The largest absolute Gasteiger partial charge is 0.508 e. The molecule has 138 valence electrons. The number of hydrogen-bond acceptors (Lipinski definition) is 4. The third-order valence-corrected chi connectivity index (χ3v) is 6.52. The number of carbonyl (C=O) groups is 1. The zero-order chi connectivity index (χ0) is 18.1. The minimum Gasteiger partial charge on any atom is -0.508 e. The predicted octanol–water partition coefficient (Wildman–Crippen LogP) is 3.55. The summed E-state index contributed by atoms with van der Waals surface area (Å²) in [5, 5.41) is 15.3. The molecule has 2 aromatic rings. The quantitative estimate of drug-likeness (QED) is 0.703. The van der Waals surface area contributed by atoms with Crippen LogP contribution >= 0.6 is 11.8 Å². The second-order valence-corrected chi connectivity index (χ2v) is 8.14. The molecule has 1 fully saturated rings. The van der Waals surface area contributed by atoms with Crippen molar-refractivity contribution in [1.29, 1.82) is 0 Å². The summed E-state index contributed by atoms with van der Waals surface area (Å²) in [5.74, 6) is 1.02. The molecule has 0 saturated heterocycles. The van der Waals surface area contributed by atoms with Gasteiger partial charge in [-0.25, -0.2) is 0 Å². The van der Waals surface area contributed by atoms with Crippen LogP contribution in [0.1, 0.15) is 60.9 Å². The second kappa shape index (κ2) is 7.23. The van der Waals surface area contributed by atoms with Gasteiger partial charge in [-0.15, -0.1) is 11.8 Å². The molecule has 0 bridgehead atoms. The van der Waals surface area contributed by atoms with Gasteiger partial charge in [0, 0.05) is 0 Å². The Labute approximate surface area is 156 Å². The van der Waals surface area contributed by atoms with Crippen LogP contribution in [0.5, 0.6) is 5.75 Å². The molecule has 1 atom stereocenters. The average Bonchev–Trinajstić information content (AvgIpc) is 2.83. The molecule has 26 heavy (non-hydrogen) atoms. The fourth-order valence-electron chi connectivity index (χ4n) is 3.95. The Morgan fingerprint density at radius 2 is 1.73 bits per heavy atom. The topological polar surface area (TPSA) is 87.1 Å². The number of hydrogen-bond donors (Lipinski definition) is 3. The highest BCUT2D eigenvalue weighted by Crippen LogP contribution is 2.41. The summed E-state index contributed by atoms with van der Waals surface area (Å²) in [6, 6.07) is 7.08. The molecule has 7 heteroatoms. The summed E-state index contributed by atoms with van der Waals surface area (Å²) in [6.45, 7) is 0. The molecule has 0 unspecified atom stereocenters. The molecule has 2 aliphatic rings. The van der Waals surface area contributed by atoms with Gasteiger partial charge in [0.25, 0.3) is 5.56 Å². The summed E-state index contributed by atoms with van der Waals surface area (Å²) in [5.41, 5.74) is 1.38. The smallest absolute Gasteiger partial charge is 0.270 e. The molecule has 1 aromatic heterocycles. The van der Waals surface area contributed by atoms with Gasteiger partial charge in [0.2, 0.25) is 5.91 Å². The molecule has 1 aliphatic heterocycles. The lowest BCUT2D eigenvalue weighted by Gasteiger charge is -2.19. The van der Waals surface area contributed by atoms with Gasteiger partial charge in [-0.2, -0.15) is 0 Å². The number of anilines is 1. The Bertz CT molecular complexity index is 848. The molecular weight excluding hydrogens is 350 g/mol. The van der Waals surface area contributed by atoms with E-state index in [-0.39, 0.29) is 28.5 Å². The molecule has 0 spiro atoms. The van der Waals surface area contributed by atoms with Gasteiger partial charge in [-0.1, -0.05) is 37.8 Å². The van der Waals surface area contributed by atoms with Crippen LogP contribution < -0.4 is 10.9 Å². The van der Waals surface area contributed by atoms with Crippen molar-refractivity contribution >= 4 is 23.5 Å². The van der Waals surface area contributed by atoms with E-state index in [2.05, 4.69) is 10.4 Å². The van der Waals surface area contributed by atoms with Crippen molar-refractivity contribution in [3.8, 4) is 5.75 Å². The van der Waals surface area contributed by atoms with E-state index < -0.39 is 0 Å². The van der Waals surface area contributed by atoms with Crippen LogP contribution in [0.3, 0.4) is 0 Å². The van der Waals surface area contributed by atoms with Crippen molar-refractivity contribution in [2.24, 2.45) is 0 Å². The van der Waals surface area contributed by atoms with E-state index in [4.69, 9.17) is 0 Å². The molecule has 0 radical (unpaired) electrons. The van der Waals surface area contributed by atoms with Crippen molar-refractivity contribution in [2.45, 2.75) is 49.8 Å². The highest BCUT2D eigenvalue weighted by Gasteiger charge is 2.32. The van der Waals surface area contributed by atoms with Crippen LogP contribution in [0.4, 0.5) is 5.82 Å². The Balaban J connectivity index is 1.79. The van der Waals surface area contributed by atoms with Gasteiger partial charge in [0.1, 0.15) is 11.6 Å². The molecule has 1 aliphatic carbocycles. The van der Waals surface area contributed by atoms with Crippen LogP contribution in [0.2, 0.25) is 0 Å². The Hall–Kier alpha value is -2.15. The summed E-state index contributed by atoms with van der Waals surface area (Å²) < 4.78 is 1.90. The molecule has 3 N–H and O–H groups in total. The van der Waals surface area contributed by atoms with Gasteiger partial charge < -0.3 is 10.4 Å². The fourth-order valence-corrected chi connectivity index (χ4v) is 5.07. The van der Waals surface area contributed by atoms with Gasteiger partial charge in [-0.05, 0) is 30.5 Å². The maximum atomic E-state index is 12.8. The summed E-state index contributed by atoms with van der Waals surface area (Å²) >= 11 is 1.45. The predicted molar refractivity (Wildman–Crippen MR) is 103 cm³/mol. The number of phenols is 1. The first kappa shape index (κ1) is 17.3. The number of nitrogens with one attached hydrogen (secondary N) is 2. The maximum Gasteiger partial charge on any atom is 0.270 e. The monoisotopic (exact) mass is 373 g/mol. The van der Waals surface area contributed by atoms with Gasteiger partial charge in [-0.3, -0.25) is 19.4 Å². The molecule has 4 rings (SSSR count). The highest BCUT2D eigenvalue weighted by molar-refractivity contribution is 8.00. The molecule has 6 nitrogen and oxygen atoms in total. The van der Waals surface area contributed by atoms with Crippen molar-refractivity contribution in [3.63, 3.8) is 0 Å². The number of H-pyrrole nitrogens is 1.